The van der Waals surface area contributed by atoms with Gasteiger partial charge in [-0.15, -0.1) is 0 Å². The van der Waals surface area contributed by atoms with Crippen LogP contribution in [-0.2, 0) is 0 Å². The quantitative estimate of drug-likeness (QED) is 0.606. The van der Waals surface area contributed by atoms with E-state index in [4.69, 9.17) is 0 Å². The molecule has 0 aliphatic heterocycles. The summed E-state index contributed by atoms with van der Waals surface area (Å²) in [7, 11) is 1.96. The Balaban J connectivity index is 1.86. The number of nitro groups is 1. The molecule has 2 aromatic heterocycles. The Morgan fingerprint density at radius 2 is 2.32 bits per heavy atom. The summed E-state index contributed by atoms with van der Waals surface area (Å²) in [4.78, 5) is 16.4. The van der Waals surface area contributed by atoms with Gasteiger partial charge in [0.05, 0.1) is 0 Å². The first kappa shape index (κ1) is 11.9. The average Bonchev–Trinajstić information content (AvgIpc) is 3.12. The lowest BCUT2D eigenvalue weighted by atomic mass is 10.3. The predicted octanol–water partition coefficient (Wildman–Crippen LogP) is 1.87. The summed E-state index contributed by atoms with van der Waals surface area (Å²) < 4.78 is 1.28. The van der Waals surface area contributed by atoms with Crippen molar-refractivity contribution >= 4 is 17.3 Å². The van der Waals surface area contributed by atoms with E-state index in [0.717, 1.165) is 24.7 Å². The van der Waals surface area contributed by atoms with Gasteiger partial charge in [0.15, 0.2) is 5.82 Å². The van der Waals surface area contributed by atoms with E-state index in [0.29, 0.717) is 5.65 Å². The fourth-order valence-electron chi connectivity index (χ4n) is 2.08. The number of imidazole rings is 1. The van der Waals surface area contributed by atoms with Crippen LogP contribution >= 0.6 is 0 Å². The molecule has 0 spiro atoms. The van der Waals surface area contributed by atoms with Gasteiger partial charge in [0.2, 0.25) is 5.65 Å². The first-order valence-corrected chi connectivity index (χ1v) is 6.35. The molecule has 2 heterocycles. The molecule has 1 aliphatic carbocycles. The van der Waals surface area contributed by atoms with Gasteiger partial charge >= 0.3 is 5.82 Å². The Labute approximate surface area is 110 Å². The van der Waals surface area contributed by atoms with Crippen molar-refractivity contribution < 1.29 is 4.92 Å². The normalized spacial score (nSPS) is 14.8. The average molecular weight is 261 g/mol. The lowest BCUT2D eigenvalue weighted by Gasteiger charge is -2.16. The smallest absolute Gasteiger partial charge is 0.358 e. The minimum absolute atomic E-state index is 0.104. The van der Waals surface area contributed by atoms with Gasteiger partial charge in [-0.3, -0.25) is 0 Å². The highest BCUT2D eigenvalue weighted by Gasteiger charge is 2.22. The van der Waals surface area contributed by atoms with Crippen LogP contribution in [0.1, 0.15) is 19.3 Å². The van der Waals surface area contributed by atoms with Crippen LogP contribution in [0.25, 0.3) is 5.65 Å². The molecular weight excluding hydrogens is 246 g/mol. The predicted molar refractivity (Wildman–Crippen MR) is 70.3 cm³/mol. The van der Waals surface area contributed by atoms with Gasteiger partial charge in [-0.1, -0.05) is 22.5 Å². The van der Waals surface area contributed by atoms with Crippen LogP contribution in [0.2, 0.25) is 0 Å². The molecule has 0 amide bonds. The summed E-state index contributed by atoms with van der Waals surface area (Å²) in [5, 5.41) is 15.2. The van der Waals surface area contributed by atoms with Crippen LogP contribution in [0, 0.1) is 16.0 Å². The fourth-order valence-corrected chi connectivity index (χ4v) is 2.08. The molecule has 0 N–H and O–H groups in total. The zero-order chi connectivity index (χ0) is 13.4. The second-order valence-corrected chi connectivity index (χ2v) is 4.99. The largest absolute Gasteiger partial charge is 0.368 e. The summed E-state index contributed by atoms with van der Waals surface area (Å²) >= 11 is 0. The van der Waals surface area contributed by atoms with Crippen molar-refractivity contribution in [3.63, 3.8) is 0 Å². The molecule has 2 aromatic rings. The standard InChI is InChI=1S/C12H15N5O2/c1-15(7-6-9-2-3-9)11-5-4-10-13-8-12(17(18)19)16(10)14-11/h4-5,8-9H,2-3,6-7H2,1H3. The summed E-state index contributed by atoms with van der Waals surface area (Å²) in [6.45, 7) is 0.922. The highest BCUT2D eigenvalue weighted by Crippen LogP contribution is 2.32. The highest BCUT2D eigenvalue weighted by molar-refractivity contribution is 5.48. The molecule has 0 saturated heterocycles. The molecule has 0 aromatic carbocycles. The minimum atomic E-state index is -0.471. The summed E-state index contributed by atoms with van der Waals surface area (Å²) in [6, 6.07) is 3.60. The van der Waals surface area contributed by atoms with Crippen molar-refractivity contribution in [2.75, 3.05) is 18.5 Å². The maximum absolute atomic E-state index is 10.9. The molecular formula is C12H15N5O2. The van der Waals surface area contributed by atoms with E-state index in [1.807, 2.05) is 18.0 Å². The van der Waals surface area contributed by atoms with Crippen molar-refractivity contribution in [1.29, 1.82) is 0 Å². The molecule has 0 atom stereocenters. The van der Waals surface area contributed by atoms with Crippen LogP contribution in [0.5, 0.6) is 0 Å². The van der Waals surface area contributed by atoms with Crippen molar-refractivity contribution in [2.24, 2.45) is 5.92 Å². The third-order valence-electron chi connectivity index (χ3n) is 3.48. The van der Waals surface area contributed by atoms with E-state index < -0.39 is 4.92 Å². The van der Waals surface area contributed by atoms with Crippen LogP contribution in [0.15, 0.2) is 18.3 Å². The lowest BCUT2D eigenvalue weighted by Crippen LogP contribution is -2.21. The zero-order valence-corrected chi connectivity index (χ0v) is 10.7. The summed E-state index contributed by atoms with van der Waals surface area (Å²) in [5.41, 5.74) is 0.492. The molecule has 1 saturated carbocycles. The number of hydrogen-bond donors (Lipinski definition) is 0. The monoisotopic (exact) mass is 261 g/mol. The van der Waals surface area contributed by atoms with E-state index in [1.165, 1.54) is 23.6 Å². The second kappa shape index (κ2) is 4.49. The van der Waals surface area contributed by atoms with E-state index in [-0.39, 0.29) is 5.82 Å². The summed E-state index contributed by atoms with van der Waals surface area (Å²) in [6.07, 6.45) is 5.04. The van der Waals surface area contributed by atoms with E-state index in [1.54, 1.807) is 6.07 Å². The van der Waals surface area contributed by atoms with Gasteiger partial charge in [-0.05, 0) is 23.3 Å². The maximum atomic E-state index is 10.9. The minimum Gasteiger partial charge on any atom is -0.358 e. The van der Waals surface area contributed by atoms with Crippen LogP contribution < -0.4 is 4.90 Å². The van der Waals surface area contributed by atoms with Crippen molar-refractivity contribution in [2.45, 2.75) is 19.3 Å². The van der Waals surface area contributed by atoms with Gasteiger partial charge in [-0.25, -0.2) is 4.98 Å². The molecule has 1 aliphatic rings. The first-order chi connectivity index (χ1) is 9.15. The molecule has 0 bridgehead atoms. The number of anilines is 1. The number of fused-ring (bicyclic) bond motifs is 1. The van der Waals surface area contributed by atoms with E-state index in [9.17, 15) is 10.1 Å². The van der Waals surface area contributed by atoms with Gasteiger partial charge in [0, 0.05) is 19.7 Å². The molecule has 7 nitrogen and oxygen atoms in total. The van der Waals surface area contributed by atoms with Gasteiger partial charge < -0.3 is 15.0 Å². The Morgan fingerprint density at radius 3 is 3.00 bits per heavy atom. The highest BCUT2D eigenvalue weighted by atomic mass is 16.6. The molecule has 3 rings (SSSR count). The molecule has 7 heteroatoms. The molecule has 100 valence electrons. The van der Waals surface area contributed by atoms with Crippen molar-refractivity contribution in [3.05, 3.63) is 28.4 Å². The summed E-state index contributed by atoms with van der Waals surface area (Å²) in [5.74, 6) is 1.48. The SMILES string of the molecule is CN(CCC1CC1)c1ccc2ncc([N+](=O)[O-])n2n1. The van der Waals surface area contributed by atoms with E-state index in [2.05, 4.69) is 10.1 Å². The maximum Gasteiger partial charge on any atom is 0.368 e. The number of rotatable bonds is 5. The number of aromatic nitrogens is 3. The zero-order valence-electron chi connectivity index (χ0n) is 10.7. The second-order valence-electron chi connectivity index (χ2n) is 4.99. The molecule has 0 radical (unpaired) electrons. The van der Waals surface area contributed by atoms with Gasteiger partial charge in [-0.2, -0.15) is 0 Å². The fraction of sp³-hybridized carbons (Fsp3) is 0.500. The number of hydrogen-bond acceptors (Lipinski definition) is 5. The van der Waals surface area contributed by atoms with Crippen LogP contribution in [0.3, 0.4) is 0 Å². The van der Waals surface area contributed by atoms with E-state index >= 15 is 0 Å². The molecule has 19 heavy (non-hydrogen) atoms. The Kier molecular flexibility index (Phi) is 2.81. The number of nitrogens with zero attached hydrogens (tertiary/aromatic N) is 5. The van der Waals surface area contributed by atoms with Crippen LogP contribution in [-0.4, -0.2) is 33.1 Å². The first-order valence-electron chi connectivity index (χ1n) is 6.35. The van der Waals surface area contributed by atoms with Crippen molar-refractivity contribution in [3.8, 4) is 0 Å². The topological polar surface area (TPSA) is 76.6 Å². The van der Waals surface area contributed by atoms with Gasteiger partial charge in [0.1, 0.15) is 6.20 Å². The van der Waals surface area contributed by atoms with Crippen molar-refractivity contribution in [1.82, 2.24) is 14.6 Å². The third kappa shape index (κ3) is 2.35. The van der Waals surface area contributed by atoms with Gasteiger partial charge in [0.25, 0.3) is 0 Å². The molecule has 1 fully saturated rings. The molecule has 0 unspecified atom stereocenters. The lowest BCUT2D eigenvalue weighted by molar-refractivity contribution is -0.391. The Hall–Kier alpha value is -2.18. The Morgan fingerprint density at radius 1 is 1.53 bits per heavy atom. The van der Waals surface area contributed by atoms with Crippen LogP contribution in [0.4, 0.5) is 11.6 Å². The third-order valence-corrected chi connectivity index (χ3v) is 3.48. The Bertz CT molecular complexity index is 620.